The van der Waals surface area contributed by atoms with Gasteiger partial charge in [0.25, 0.3) is 0 Å². The van der Waals surface area contributed by atoms with Gasteiger partial charge in [-0.2, -0.15) is 0 Å². The number of para-hydroxylation sites is 2. The number of aromatic hydroxyl groups is 1. The van der Waals surface area contributed by atoms with Crippen molar-refractivity contribution in [2.45, 2.75) is 0 Å². The van der Waals surface area contributed by atoms with Crippen LogP contribution in [0.2, 0.25) is 0 Å². The van der Waals surface area contributed by atoms with Crippen LogP contribution in [0.3, 0.4) is 0 Å². The number of hydrogen-bond donors (Lipinski definition) is 1. The molecule has 0 aliphatic carbocycles. The summed E-state index contributed by atoms with van der Waals surface area (Å²) in [5, 5.41) is 11.3. The Morgan fingerprint density at radius 3 is 2.43 bits per heavy atom. The molecule has 0 atom stereocenters. The van der Waals surface area contributed by atoms with Crippen molar-refractivity contribution < 1.29 is 9.90 Å². The summed E-state index contributed by atoms with van der Waals surface area (Å²) in [5.41, 5.74) is 2.01. The van der Waals surface area contributed by atoms with Gasteiger partial charge in [-0.3, -0.25) is 9.78 Å². The smallest absolute Gasteiger partial charge is 0.168 e. The number of nitrogens with zero attached hydrogens (tertiary/aromatic N) is 2. The van der Waals surface area contributed by atoms with Crippen LogP contribution >= 0.6 is 0 Å². The van der Waals surface area contributed by atoms with Crippen LogP contribution in [-0.4, -0.2) is 21.4 Å². The Bertz CT molecular complexity index is 962. The Morgan fingerprint density at radius 1 is 0.826 bits per heavy atom. The summed E-state index contributed by atoms with van der Waals surface area (Å²) in [6.07, 6.45) is 2.43. The zero-order valence-corrected chi connectivity index (χ0v) is 12.3. The Kier molecular flexibility index (Phi) is 4.25. The highest BCUT2D eigenvalue weighted by molar-refractivity contribution is 5.84. The summed E-state index contributed by atoms with van der Waals surface area (Å²) in [4.78, 5) is 18.5. The van der Waals surface area contributed by atoms with E-state index in [2.05, 4.69) is 9.97 Å². The number of pyridine rings is 2. The number of carbonyl (C=O) groups excluding carboxylic acids is 1. The molecule has 4 aromatic rings. The number of aldehydes is 1. The molecule has 112 valence electrons. The minimum atomic E-state index is 0.239. The second-order valence-corrected chi connectivity index (χ2v) is 4.90. The molecule has 0 saturated carbocycles. The fourth-order valence-corrected chi connectivity index (χ4v) is 2.24. The minimum absolute atomic E-state index is 0.239. The summed E-state index contributed by atoms with van der Waals surface area (Å²) >= 11 is 0. The van der Waals surface area contributed by atoms with Gasteiger partial charge in [-0.25, -0.2) is 4.98 Å². The van der Waals surface area contributed by atoms with Crippen LogP contribution in [0, 0.1) is 0 Å². The number of fused-ring (bicyclic) bond motifs is 2. The maximum absolute atomic E-state index is 10.4. The van der Waals surface area contributed by atoms with Crippen LogP contribution in [0.5, 0.6) is 5.75 Å². The summed E-state index contributed by atoms with van der Waals surface area (Å²) in [7, 11) is 0. The molecule has 0 radical (unpaired) electrons. The topological polar surface area (TPSA) is 63.1 Å². The van der Waals surface area contributed by atoms with E-state index >= 15 is 0 Å². The SMILES string of the molecule is O=Cc1ccc2ccccc2n1.Oc1cccc2cccnc12. The Balaban J connectivity index is 0.000000136. The van der Waals surface area contributed by atoms with E-state index in [4.69, 9.17) is 0 Å². The van der Waals surface area contributed by atoms with E-state index in [1.165, 1.54) is 0 Å². The van der Waals surface area contributed by atoms with E-state index in [0.717, 1.165) is 22.6 Å². The molecule has 0 unspecified atom stereocenters. The third kappa shape index (κ3) is 3.32. The molecule has 0 aliphatic heterocycles. The van der Waals surface area contributed by atoms with Crippen molar-refractivity contribution in [2.24, 2.45) is 0 Å². The zero-order valence-electron chi connectivity index (χ0n) is 12.3. The van der Waals surface area contributed by atoms with Crippen LogP contribution in [0.4, 0.5) is 0 Å². The van der Waals surface area contributed by atoms with Gasteiger partial charge < -0.3 is 5.11 Å². The predicted molar refractivity (Wildman–Crippen MR) is 90.5 cm³/mol. The normalized spacial score (nSPS) is 10.1. The van der Waals surface area contributed by atoms with Crippen molar-refractivity contribution in [2.75, 3.05) is 0 Å². The van der Waals surface area contributed by atoms with Gasteiger partial charge in [0.05, 0.1) is 5.52 Å². The second kappa shape index (κ2) is 6.66. The van der Waals surface area contributed by atoms with Crippen molar-refractivity contribution in [1.82, 2.24) is 9.97 Å². The van der Waals surface area contributed by atoms with Crippen LogP contribution in [0.15, 0.2) is 72.9 Å². The van der Waals surface area contributed by atoms with E-state index in [0.29, 0.717) is 11.2 Å². The first kappa shape index (κ1) is 14.7. The molecular formula is C19H14N2O2. The first-order chi connectivity index (χ1) is 11.3. The first-order valence-corrected chi connectivity index (χ1v) is 7.11. The fraction of sp³-hybridized carbons (Fsp3) is 0. The van der Waals surface area contributed by atoms with Gasteiger partial charge in [-0.1, -0.05) is 42.5 Å². The Morgan fingerprint density at radius 2 is 1.61 bits per heavy atom. The highest BCUT2D eigenvalue weighted by Crippen LogP contribution is 2.20. The van der Waals surface area contributed by atoms with Crippen LogP contribution < -0.4 is 0 Å². The molecule has 4 rings (SSSR count). The monoisotopic (exact) mass is 302 g/mol. The van der Waals surface area contributed by atoms with Gasteiger partial charge in [0.2, 0.25) is 0 Å². The van der Waals surface area contributed by atoms with Crippen LogP contribution in [0.1, 0.15) is 10.5 Å². The average Bonchev–Trinajstić information content (AvgIpc) is 2.62. The summed E-state index contributed by atoms with van der Waals surface area (Å²) in [6.45, 7) is 0. The maximum Gasteiger partial charge on any atom is 0.168 e. The molecule has 0 amide bonds. The first-order valence-electron chi connectivity index (χ1n) is 7.11. The Labute approximate surface area is 133 Å². The lowest BCUT2D eigenvalue weighted by Crippen LogP contribution is -1.85. The number of rotatable bonds is 1. The highest BCUT2D eigenvalue weighted by Gasteiger charge is 1.96. The number of benzene rings is 2. The predicted octanol–water partition coefficient (Wildman–Crippen LogP) is 3.99. The van der Waals surface area contributed by atoms with Crippen LogP contribution in [-0.2, 0) is 0 Å². The molecule has 23 heavy (non-hydrogen) atoms. The molecule has 4 heteroatoms. The van der Waals surface area contributed by atoms with Crippen molar-refractivity contribution in [3.8, 4) is 5.75 Å². The summed E-state index contributed by atoms with van der Waals surface area (Å²) in [5.74, 6) is 0.239. The van der Waals surface area contributed by atoms with Crippen molar-refractivity contribution >= 4 is 28.1 Å². The number of carbonyl (C=O) groups is 1. The molecule has 0 fully saturated rings. The van der Waals surface area contributed by atoms with E-state index in [-0.39, 0.29) is 5.75 Å². The fourth-order valence-electron chi connectivity index (χ4n) is 2.24. The van der Waals surface area contributed by atoms with Gasteiger partial charge >= 0.3 is 0 Å². The lowest BCUT2D eigenvalue weighted by molar-refractivity contribution is 0.111. The Hall–Kier alpha value is -3.27. The lowest BCUT2D eigenvalue weighted by atomic mass is 10.2. The van der Waals surface area contributed by atoms with Gasteiger partial charge in [-0.05, 0) is 24.3 Å². The van der Waals surface area contributed by atoms with Gasteiger partial charge in [-0.15, -0.1) is 0 Å². The molecule has 4 nitrogen and oxygen atoms in total. The molecule has 2 heterocycles. The van der Waals surface area contributed by atoms with Crippen molar-refractivity contribution in [3.63, 3.8) is 0 Å². The number of hydrogen-bond acceptors (Lipinski definition) is 4. The number of phenolic OH excluding ortho intramolecular Hbond substituents is 1. The maximum atomic E-state index is 10.4. The standard InChI is InChI=1S/C10H7NO.C9H7NO/c12-7-9-6-5-8-3-1-2-4-10(8)11-9;11-8-5-1-3-7-4-2-6-10-9(7)8/h1-7H;1-6,11H. The molecule has 0 spiro atoms. The molecule has 2 aromatic carbocycles. The zero-order chi connectivity index (χ0) is 16.1. The quantitative estimate of drug-likeness (QED) is 0.540. The van der Waals surface area contributed by atoms with Crippen molar-refractivity contribution in [1.29, 1.82) is 0 Å². The van der Waals surface area contributed by atoms with E-state index in [1.807, 2.05) is 48.5 Å². The molecule has 1 N–H and O–H groups in total. The summed E-state index contributed by atoms with van der Waals surface area (Å²) < 4.78 is 0. The highest BCUT2D eigenvalue weighted by atomic mass is 16.3. The third-order valence-corrected chi connectivity index (χ3v) is 3.35. The van der Waals surface area contributed by atoms with E-state index < -0.39 is 0 Å². The molecule has 2 aromatic heterocycles. The second-order valence-electron chi connectivity index (χ2n) is 4.90. The molecular weight excluding hydrogens is 288 g/mol. The minimum Gasteiger partial charge on any atom is -0.506 e. The largest absolute Gasteiger partial charge is 0.506 e. The van der Waals surface area contributed by atoms with Gasteiger partial charge in [0.1, 0.15) is 17.0 Å². The van der Waals surface area contributed by atoms with E-state index in [1.54, 1.807) is 24.4 Å². The van der Waals surface area contributed by atoms with Crippen LogP contribution in [0.25, 0.3) is 21.8 Å². The molecule has 0 aliphatic rings. The van der Waals surface area contributed by atoms with Gasteiger partial charge in [0.15, 0.2) is 6.29 Å². The molecule has 0 bridgehead atoms. The van der Waals surface area contributed by atoms with Gasteiger partial charge in [0, 0.05) is 17.0 Å². The lowest BCUT2D eigenvalue weighted by Gasteiger charge is -1.96. The molecule has 0 saturated heterocycles. The number of phenols is 1. The third-order valence-electron chi connectivity index (χ3n) is 3.35. The van der Waals surface area contributed by atoms with E-state index in [9.17, 15) is 9.90 Å². The summed E-state index contributed by atoms with van der Waals surface area (Å²) in [6, 6.07) is 20.5. The average molecular weight is 302 g/mol. The van der Waals surface area contributed by atoms with Crippen molar-refractivity contribution in [3.05, 3.63) is 78.6 Å². The number of aromatic nitrogens is 2.